The van der Waals surface area contributed by atoms with Crippen molar-refractivity contribution in [3.8, 4) is 0 Å². The van der Waals surface area contributed by atoms with Gasteiger partial charge in [0.05, 0.1) is 5.71 Å². The lowest BCUT2D eigenvalue weighted by Crippen LogP contribution is -2.22. The smallest absolute Gasteiger partial charge is 0.204 e. The Hall–Kier alpha value is -2.01. The van der Waals surface area contributed by atoms with Crippen molar-refractivity contribution in [1.82, 2.24) is 0 Å². The third kappa shape index (κ3) is 2.38. The summed E-state index contributed by atoms with van der Waals surface area (Å²) in [6.07, 6.45) is 0. The topological polar surface area (TPSA) is 50.7 Å². The molecule has 106 valence electrons. The highest BCUT2D eigenvalue weighted by molar-refractivity contribution is 9.10. The second kappa shape index (κ2) is 5.07. The minimum Gasteiger partial charge on any atom is -0.382 e. The van der Waals surface area contributed by atoms with E-state index >= 15 is 0 Å². The van der Waals surface area contributed by atoms with Crippen LogP contribution in [0.15, 0.2) is 63.0 Å². The Morgan fingerprint density at radius 1 is 1.05 bits per heavy atom. The van der Waals surface area contributed by atoms with Gasteiger partial charge in [-0.1, -0.05) is 40.2 Å². The van der Waals surface area contributed by atoms with Gasteiger partial charge in [0, 0.05) is 15.6 Å². The Morgan fingerprint density at radius 3 is 2.33 bits per heavy atom. The van der Waals surface area contributed by atoms with Crippen molar-refractivity contribution in [2.24, 2.45) is 15.7 Å². The molecule has 1 heterocycles. The summed E-state index contributed by atoms with van der Waals surface area (Å²) in [5.41, 5.74) is 7.33. The summed E-state index contributed by atoms with van der Waals surface area (Å²) in [5.74, 6) is 0.109. The van der Waals surface area contributed by atoms with Crippen LogP contribution in [0.3, 0.4) is 0 Å². The fourth-order valence-corrected chi connectivity index (χ4v) is 2.79. The van der Waals surface area contributed by atoms with Crippen LogP contribution in [0.1, 0.15) is 18.1 Å². The second-order valence-corrected chi connectivity index (χ2v) is 5.80. The largest absolute Gasteiger partial charge is 0.382 e. The predicted octanol–water partition coefficient (Wildman–Crippen LogP) is 3.62. The molecular weight excluding hydrogens is 333 g/mol. The predicted molar refractivity (Wildman–Crippen MR) is 86.1 cm³/mol. The molecular formula is C16H13BrFN3. The van der Waals surface area contributed by atoms with E-state index in [0.29, 0.717) is 11.5 Å². The molecule has 0 aliphatic carbocycles. The van der Waals surface area contributed by atoms with Crippen LogP contribution < -0.4 is 5.73 Å². The van der Waals surface area contributed by atoms with Crippen LogP contribution in [0.2, 0.25) is 0 Å². The molecule has 1 atom stereocenters. The summed E-state index contributed by atoms with van der Waals surface area (Å²) in [4.78, 5) is 9.22. The minimum atomic E-state index is -0.939. The molecule has 0 aromatic heterocycles. The van der Waals surface area contributed by atoms with E-state index in [9.17, 15) is 4.39 Å². The van der Waals surface area contributed by atoms with Gasteiger partial charge in [-0.3, -0.25) is 0 Å². The van der Waals surface area contributed by atoms with Gasteiger partial charge in [0.15, 0.2) is 0 Å². The maximum absolute atomic E-state index is 13.2. The number of benzene rings is 2. The van der Waals surface area contributed by atoms with E-state index in [1.165, 1.54) is 12.1 Å². The van der Waals surface area contributed by atoms with E-state index in [4.69, 9.17) is 5.73 Å². The quantitative estimate of drug-likeness (QED) is 0.887. The molecule has 0 bridgehead atoms. The first-order chi connectivity index (χ1) is 10.0. The number of amidine groups is 1. The zero-order valence-electron chi connectivity index (χ0n) is 11.3. The lowest BCUT2D eigenvalue weighted by molar-refractivity contribution is 0.580. The van der Waals surface area contributed by atoms with Gasteiger partial charge in [0.1, 0.15) is 11.7 Å². The highest BCUT2D eigenvalue weighted by atomic mass is 79.9. The van der Waals surface area contributed by atoms with Crippen molar-refractivity contribution in [3.05, 3.63) is 69.9 Å². The number of nitrogens with two attached hydrogens (primary N) is 1. The number of rotatable bonds is 2. The Labute approximate surface area is 130 Å². The average molecular weight is 346 g/mol. The fourth-order valence-electron chi connectivity index (χ4n) is 2.39. The molecule has 0 saturated carbocycles. The molecule has 3 rings (SSSR count). The van der Waals surface area contributed by atoms with Gasteiger partial charge < -0.3 is 5.73 Å². The normalized spacial score (nSPS) is 21.1. The molecule has 0 unspecified atom stereocenters. The highest BCUT2D eigenvalue weighted by Crippen LogP contribution is 2.39. The lowest BCUT2D eigenvalue weighted by atomic mass is 9.92. The number of halogens is 2. The summed E-state index contributed by atoms with van der Waals surface area (Å²) in [6, 6.07) is 13.9. The van der Waals surface area contributed by atoms with E-state index in [1.54, 1.807) is 12.1 Å². The zero-order chi connectivity index (χ0) is 15.0. The molecule has 2 aromatic rings. The van der Waals surface area contributed by atoms with Crippen LogP contribution in [0.25, 0.3) is 0 Å². The van der Waals surface area contributed by atoms with E-state index in [-0.39, 0.29) is 5.82 Å². The first kappa shape index (κ1) is 13.9. The van der Waals surface area contributed by atoms with Crippen molar-refractivity contribution >= 4 is 27.5 Å². The Bertz CT molecular complexity index is 732. The summed E-state index contributed by atoms with van der Waals surface area (Å²) in [6.45, 7) is 1.82. The van der Waals surface area contributed by atoms with Crippen molar-refractivity contribution in [2.75, 3.05) is 0 Å². The van der Waals surface area contributed by atoms with Crippen molar-refractivity contribution < 1.29 is 4.39 Å². The summed E-state index contributed by atoms with van der Waals surface area (Å²) in [5, 5.41) is 0. The molecule has 1 aliphatic heterocycles. The molecule has 5 heteroatoms. The van der Waals surface area contributed by atoms with Crippen molar-refractivity contribution in [3.63, 3.8) is 0 Å². The first-order valence-electron chi connectivity index (χ1n) is 6.45. The summed E-state index contributed by atoms with van der Waals surface area (Å²) >= 11 is 3.46. The first-order valence-corrected chi connectivity index (χ1v) is 7.25. The maximum Gasteiger partial charge on any atom is 0.204 e. The zero-order valence-corrected chi connectivity index (χ0v) is 12.9. The summed E-state index contributed by atoms with van der Waals surface area (Å²) < 4.78 is 14.1. The van der Waals surface area contributed by atoms with E-state index in [2.05, 4.69) is 25.9 Å². The van der Waals surface area contributed by atoms with Crippen LogP contribution >= 0.6 is 15.9 Å². The van der Waals surface area contributed by atoms with Crippen LogP contribution in [0.4, 0.5) is 4.39 Å². The highest BCUT2D eigenvalue weighted by Gasteiger charge is 2.38. The van der Waals surface area contributed by atoms with Gasteiger partial charge in [-0.25, -0.2) is 14.4 Å². The number of nitrogens with zero attached hydrogens (tertiary/aromatic N) is 2. The molecule has 0 fully saturated rings. The monoisotopic (exact) mass is 345 g/mol. The number of aliphatic imine (C=N–C) groups is 2. The van der Waals surface area contributed by atoms with Crippen molar-refractivity contribution in [2.45, 2.75) is 12.6 Å². The van der Waals surface area contributed by atoms with Crippen LogP contribution in [0, 0.1) is 5.82 Å². The molecule has 2 aromatic carbocycles. The van der Waals surface area contributed by atoms with Gasteiger partial charge in [0.2, 0.25) is 5.66 Å². The van der Waals surface area contributed by atoms with E-state index in [0.717, 1.165) is 15.6 Å². The summed E-state index contributed by atoms with van der Waals surface area (Å²) in [7, 11) is 0. The lowest BCUT2D eigenvalue weighted by Gasteiger charge is -2.24. The Morgan fingerprint density at radius 2 is 1.76 bits per heavy atom. The third-order valence-corrected chi connectivity index (χ3v) is 3.95. The molecule has 0 amide bonds. The fraction of sp³-hybridized carbons (Fsp3) is 0.125. The van der Waals surface area contributed by atoms with E-state index in [1.807, 2.05) is 31.2 Å². The molecule has 0 saturated heterocycles. The number of hydrogen-bond donors (Lipinski definition) is 1. The maximum atomic E-state index is 13.2. The SMILES string of the molecule is CC1=N[C@@](c2ccc(F)cc2)(c2cccc(Br)c2)N=C1N. The molecule has 3 nitrogen and oxygen atoms in total. The van der Waals surface area contributed by atoms with Crippen molar-refractivity contribution in [1.29, 1.82) is 0 Å². The van der Waals surface area contributed by atoms with Crippen LogP contribution in [-0.2, 0) is 5.66 Å². The Kier molecular flexibility index (Phi) is 3.37. The van der Waals surface area contributed by atoms with E-state index < -0.39 is 5.66 Å². The standard InChI is InChI=1S/C16H13BrFN3/c1-10-15(19)21-16(20-10,11-5-7-14(18)8-6-11)12-3-2-4-13(17)9-12/h2-9H,1H3,(H2,19,21)/t16-/m1/s1. The minimum absolute atomic E-state index is 0.293. The molecule has 21 heavy (non-hydrogen) atoms. The number of hydrogen-bond acceptors (Lipinski definition) is 3. The third-order valence-electron chi connectivity index (χ3n) is 3.46. The van der Waals surface area contributed by atoms with Gasteiger partial charge in [-0.05, 0) is 31.2 Å². The second-order valence-electron chi connectivity index (χ2n) is 4.88. The van der Waals surface area contributed by atoms with Gasteiger partial charge in [-0.2, -0.15) is 0 Å². The van der Waals surface area contributed by atoms with Crippen LogP contribution in [0.5, 0.6) is 0 Å². The molecule has 1 aliphatic rings. The van der Waals surface area contributed by atoms with Crippen LogP contribution in [-0.4, -0.2) is 11.5 Å². The van der Waals surface area contributed by atoms with Gasteiger partial charge >= 0.3 is 0 Å². The molecule has 2 N–H and O–H groups in total. The molecule has 0 radical (unpaired) electrons. The van der Waals surface area contributed by atoms with Gasteiger partial charge in [0.25, 0.3) is 0 Å². The average Bonchev–Trinajstić information content (AvgIpc) is 2.76. The van der Waals surface area contributed by atoms with Gasteiger partial charge in [-0.15, -0.1) is 0 Å². The molecule has 0 spiro atoms. The Balaban J connectivity index is 2.25.